The average Bonchev–Trinajstić information content (AvgIpc) is 3.12. The average molecular weight is 405 g/mol. The van der Waals surface area contributed by atoms with Crippen LogP contribution in [0.5, 0.6) is 5.75 Å². The van der Waals surface area contributed by atoms with Gasteiger partial charge in [0.15, 0.2) is 0 Å². The molecule has 2 saturated heterocycles. The second-order valence-corrected chi connectivity index (χ2v) is 8.73. The van der Waals surface area contributed by atoms with Gasteiger partial charge in [0.25, 0.3) is 5.91 Å². The molecule has 2 aliphatic heterocycles. The molecule has 0 radical (unpaired) electrons. The quantitative estimate of drug-likeness (QED) is 0.773. The van der Waals surface area contributed by atoms with Crippen molar-refractivity contribution in [1.82, 2.24) is 9.80 Å². The Morgan fingerprint density at radius 1 is 1.14 bits per heavy atom. The van der Waals surface area contributed by atoms with E-state index in [4.69, 9.17) is 14.2 Å². The summed E-state index contributed by atoms with van der Waals surface area (Å²) in [6, 6.07) is 7.31. The summed E-state index contributed by atoms with van der Waals surface area (Å²) in [6.07, 6.45) is 0.917. The Labute approximate surface area is 172 Å². The highest BCUT2D eigenvalue weighted by Gasteiger charge is 2.40. The summed E-state index contributed by atoms with van der Waals surface area (Å²) in [7, 11) is 1.61. The number of hydrogen-bond acceptors (Lipinski definition) is 5. The molecule has 0 aliphatic carbocycles. The number of hydrogen-bond donors (Lipinski definition) is 0. The van der Waals surface area contributed by atoms with Crippen LogP contribution in [0, 0.1) is 0 Å². The molecule has 0 N–H and O–H groups in total. The number of carbonyl (C=O) groups is 2. The molecule has 0 unspecified atom stereocenters. The van der Waals surface area contributed by atoms with Crippen LogP contribution in [0.25, 0.3) is 0 Å². The number of benzene rings is 1. The molecule has 0 aromatic heterocycles. The van der Waals surface area contributed by atoms with Gasteiger partial charge in [-0.3, -0.25) is 4.79 Å². The fraction of sp³-hybridized carbons (Fsp3) is 0.636. The molecule has 1 aromatic carbocycles. The van der Waals surface area contributed by atoms with Crippen molar-refractivity contribution in [2.75, 3.05) is 26.7 Å². The molecule has 1 aromatic rings. The number of rotatable bonds is 3. The topological polar surface area (TPSA) is 68.3 Å². The lowest BCUT2D eigenvalue weighted by Crippen LogP contribution is -2.55. The summed E-state index contributed by atoms with van der Waals surface area (Å²) in [5, 5.41) is 0. The van der Waals surface area contributed by atoms with Gasteiger partial charge in [0, 0.05) is 25.2 Å². The summed E-state index contributed by atoms with van der Waals surface area (Å²) in [4.78, 5) is 29.4. The summed E-state index contributed by atoms with van der Waals surface area (Å²) in [6.45, 7) is 8.74. The standard InChI is InChI=1S/C22H32N2O5/c1-15-10-11-19(28-15)20(25)24-13-12-23(21(26)29-22(2,3)4)14-17(24)16-8-6-7-9-18(16)27-5/h6-9,15,17,19H,10-14H2,1-5H3/t15-,17+,19+/m1/s1. The first-order valence-electron chi connectivity index (χ1n) is 10.3. The zero-order valence-corrected chi connectivity index (χ0v) is 18.0. The van der Waals surface area contributed by atoms with Crippen molar-refractivity contribution in [1.29, 1.82) is 0 Å². The number of piperazine rings is 1. The fourth-order valence-corrected chi connectivity index (χ4v) is 3.92. The lowest BCUT2D eigenvalue weighted by Gasteiger charge is -2.42. The Balaban J connectivity index is 1.86. The second-order valence-electron chi connectivity index (χ2n) is 8.73. The number of carbonyl (C=O) groups excluding carboxylic acids is 2. The smallest absolute Gasteiger partial charge is 0.410 e. The Hall–Kier alpha value is -2.28. The van der Waals surface area contributed by atoms with Crippen LogP contribution in [0.3, 0.4) is 0 Å². The van der Waals surface area contributed by atoms with Crippen LogP contribution in [0.2, 0.25) is 0 Å². The van der Waals surface area contributed by atoms with E-state index in [1.54, 1.807) is 12.0 Å². The van der Waals surface area contributed by atoms with Crippen molar-refractivity contribution >= 4 is 12.0 Å². The number of methoxy groups -OCH3 is 1. The van der Waals surface area contributed by atoms with Crippen LogP contribution in [0.1, 0.15) is 52.1 Å². The largest absolute Gasteiger partial charge is 0.496 e. The predicted octanol–water partition coefficient (Wildman–Crippen LogP) is 3.38. The van der Waals surface area contributed by atoms with E-state index in [0.29, 0.717) is 25.4 Å². The van der Waals surface area contributed by atoms with Crippen LogP contribution in [-0.4, -0.2) is 66.4 Å². The molecule has 29 heavy (non-hydrogen) atoms. The van der Waals surface area contributed by atoms with E-state index >= 15 is 0 Å². The first kappa shape index (κ1) is 21.4. The zero-order valence-electron chi connectivity index (χ0n) is 18.0. The number of ether oxygens (including phenoxy) is 3. The molecule has 2 aliphatic rings. The SMILES string of the molecule is COc1ccccc1[C@@H]1CN(C(=O)OC(C)(C)C)CCN1C(=O)[C@@H]1CC[C@@H](C)O1. The van der Waals surface area contributed by atoms with Crippen LogP contribution >= 0.6 is 0 Å². The molecule has 3 atom stereocenters. The molecule has 160 valence electrons. The maximum Gasteiger partial charge on any atom is 0.410 e. The summed E-state index contributed by atoms with van der Waals surface area (Å²) >= 11 is 0. The van der Waals surface area contributed by atoms with Crippen molar-refractivity contribution in [3.05, 3.63) is 29.8 Å². The molecule has 2 heterocycles. The van der Waals surface area contributed by atoms with E-state index in [1.807, 2.05) is 56.9 Å². The van der Waals surface area contributed by atoms with Crippen LogP contribution in [0.15, 0.2) is 24.3 Å². The molecule has 0 spiro atoms. The van der Waals surface area contributed by atoms with E-state index in [9.17, 15) is 9.59 Å². The van der Waals surface area contributed by atoms with Gasteiger partial charge >= 0.3 is 6.09 Å². The third-order valence-corrected chi connectivity index (χ3v) is 5.32. The highest BCUT2D eigenvalue weighted by Crippen LogP contribution is 2.34. The monoisotopic (exact) mass is 404 g/mol. The molecule has 2 amide bonds. The van der Waals surface area contributed by atoms with Crippen molar-refractivity contribution < 1.29 is 23.8 Å². The van der Waals surface area contributed by atoms with Crippen LogP contribution < -0.4 is 4.74 Å². The van der Waals surface area contributed by atoms with Crippen molar-refractivity contribution in [3.63, 3.8) is 0 Å². The van der Waals surface area contributed by atoms with E-state index in [2.05, 4.69) is 0 Å². The Bertz CT molecular complexity index is 745. The first-order valence-corrected chi connectivity index (χ1v) is 10.3. The van der Waals surface area contributed by atoms with Crippen molar-refractivity contribution in [3.8, 4) is 5.75 Å². The Morgan fingerprint density at radius 3 is 2.48 bits per heavy atom. The van der Waals surface area contributed by atoms with Crippen molar-refractivity contribution in [2.24, 2.45) is 0 Å². The van der Waals surface area contributed by atoms with Gasteiger partial charge in [-0.25, -0.2) is 4.79 Å². The highest BCUT2D eigenvalue weighted by molar-refractivity contribution is 5.82. The third-order valence-electron chi connectivity index (χ3n) is 5.32. The second kappa shape index (κ2) is 8.61. The number of nitrogens with zero attached hydrogens (tertiary/aromatic N) is 2. The van der Waals surface area contributed by atoms with Gasteiger partial charge in [-0.2, -0.15) is 0 Å². The van der Waals surface area contributed by atoms with Gasteiger partial charge in [0.2, 0.25) is 0 Å². The summed E-state index contributed by atoms with van der Waals surface area (Å²) < 4.78 is 16.9. The molecule has 0 bridgehead atoms. The molecule has 3 rings (SSSR count). The normalized spacial score (nSPS) is 25.1. The van der Waals surface area contributed by atoms with Gasteiger partial charge in [-0.15, -0.1) is 0 Å². The minimum atomic E-state index is -0.572. The van der Waals surface area contributed by atoms with E-state index in [1.165, 1.54) is 0 Å². The van der Waals surface area contributed by atoms with Gasteiger partial charge in [0.05, 0.1) is 19.3 Å². The summed E-state index contributed by atoms with van der Waals surface area (Å²) in [5.74, 6) is 0.677. The van der Waals surface area contributed by atoms with Crippen LogP contribution in [-0.2, 0) is 14.3 Å². The Kier molecular flexibility index (Phi) is 6.36. The van der Waals surface area contributed by atoms with Gasteiger partial charge < -0.3 is 24.0 Å². The predicted molar refractivity (Wildman–Crippen MR) is 109 cm³/mol. The van der Waals surface area contributed by atoms with Crippen molar-refractivity contribution in [2.45, 2.75) is 64.4 Å². The molecule has 7 nitrogen and oxygen atoms in total. The molecular formula is C22H32N2O5. The van der Waals surface area contributed by atoms with Gasteiger partial charge in [-0.05, 0) is 46.6 Å². The number of para-hydroxylation sites is 1. The first-order chi connectivity index (χ1) is 13.7. The van der Waals surface area contributed by atoms with Crippen LogP contribution in [0.4, 0.5) is 4.79 Å². The molecule has 0 saturated carbocycles. The van der Waals surface area contributed by atoms with Gasteiger partial charge in [0.1, 0.15) is 17.5 Å². The van der Waals surface area contributed by atoms with E-state index in [-0.39, 0.29) is 24.1 Å². The highest BCUT2D eigenvalue weighted by atomic mass is 16.6. The zero-order chi connectivity index (χ0) is 21.2. The minimum Gasteiger partial charge on any atom is -0.496 e. The van der Waals surface area contributed by atoms with E-state index in [0.717, 1.165) is 18.4 Å². The minimum absolute atomic E-state index is 0.0194. The summed E-state index contributed by atoms with van der Waals surface area (Å²) in [5.41, 5.74) is 0.306. The van der Waals surface area contributed by atoms with E-state index < -0.39 is 11.7 Å². The maximum atomic E-state index is 13.3. The molecule has 2 fully saturated rings. The lowest BCUT2D eigenvalue weighted by atomic mass is 10.00. The maximum absolute atomic E-state index is 13.3. The number of amides is 2. The molecule has 7 heteroatoms. The van der Waals surface area contributed by atoms with Gasteiger partial charge in [-0.1, -0.05) is 18.2 Å². The lowest BCUT2D eigenvalue weighted by molar-refractivity contribution is -0.148. The fourth-order valence-electron chi connectivity index (χ4n) is 3.92. The molecular weight excluding hydrogens is 372 g/mol. The Morgan fingerprint density at radius 2 is 1.86 bits per heavy atom. The third kappa shape index (κ3) is 5.01.